The summed E-state index contributed by atoms with van der Waals surface area (Å²) >= 11 is 0. The van der Waals surface area contributed by atoms with Crippen molar-refractivity contribution in [3.8, 4) is 0 Å². The van der Waals surface area contributed by atoms with Crippen LogP contribution in [0.1, 0.15) is 34.1 Å². The molecule has 5 atom stereocenters. The topological polar surface area (TPSA) is 74.2 Å². The Bertz CT molecular complexity index is 456. The molecule has 0 bridgehead atoms. The zero-order chi connectivity index (χ0) is 15.5. The SMILES string of the molecule is CCOP(=O)(C[C@@]12C[C@@H]1[C@H](O)[C@@H]1OC(C)(C)O[C@@H]12)OCC. The van der Waals surface area contributed by atoms with E-state index in [0.29, 0.717) is 19.4 Å². The summed E-state index contributed by atoms with van der Waals surface area (Å²) in [4.78, 5) is 0. The number of aliphatic hydroxyl groups excluding tert-OH is 1. The molecule has 21 heavy (non-hydrogen) atoms. The van der Waals surface area contributed by atoms with Crippen LogP contribution in [0.5, 0.6) is 0 Å². The maximum Gasteiger partial charge on any atom is 0.331 e. The quantitative estimate of drug-likeness (QED) is 0.756. The first-order chi connectivity index (χ1) is 9.77. The molecule has 0 aromatic carbocycles. The number of aliphatic hydroxyl groups is 1. The van der Waals surface area contributed by atoms with Crippen molar-refractivity contribution in [1.29, 1.82) is 0 Å². The van der Waals surface area contributed by atoms with E-state index in [1.165, 1.54) is 0 Å². The lowest BCUT2D eigenvalue weighted by Gasteiger charge is -2.26. The predicted octanol–water partition coefficient (Wildman–Crippen LogP) is 2.15. The molecule has 2 saturated carbocycles. The number of hydrogen-bond acceptors (Lipinski definition) is 6. The molecule has 0 unspecified atom stereocenters. The largest absolute Gasteiger partial charge is 0.390 e. The van der Waals surface area contributed by atoms with Gasteiger partial charge in [0.05, 0.1) is 31.6 Å². The first kappa shape index (κ1) is 15.9. The van der Waals surface area contributed by atoms with E-state index < -0.39 is 19.5 Å². The number of ether oxygens (including phenoxy) is 2. The van der Waals surface area contributed by atoms with Crippen LogP contribution in [0.25, 0.3) is 0 Å². The third kappa shape index (κ3) is 2.50. The third-order valence-corrected chi connectivity index (χ3v) is 7.04. The average Bonchev–Trinajstić information content (AvgIpc) is 2.91. The fraction of sp³-hybridized carbons (Fsp3) is 1.00. The summed E-state index contributed by atoms with van der Waals surface area (Å²) in [7, 11) is -3.16. The molecule has 0 aromatic heterocycles. The lowest BCUT2D eigenvalue weighted by atomic mass is 10.0. The standard InChI is InChI=1S/C14H25O6P/c1-5-17-21(16,18-6-2)8-14-7-9(14)10(15)11-12(14)20-13(3,4)19-11/h9-12,15H,5-8H2,1-4H3/t9-,10+,11+,12+,14+/m1/s1. The van der Waals surface area contributed by atoms with E-state index in [1.54, 1.807) is 13.8 Å². The molecule has 1 N–H and O–H groups in total. The molecule has 0 spiro atoms. The second-order valence-electron chi connectivity index (χ2n) is 6.66. The van der Waals surface area contributed by atoms with Crippen LogP contribution in [0.15, 0.2) is 0 Å². The fourth-order valence-electron chi connectivity index (χ4n) is 4.01. The highest BCUT2D eigenvalue weighted by molar-refractivity contribution is 7.53. The maximum absolute atomic E-state index is 12.8. The molecule has 1 heterocycles. The third-order valence-electron chi connectivity index (χ3n) is 4.76. The van der Waals surface area contributed by atoms with E-state index in [1.807, 2.05) is 13.8 Å². The Hall–Kier alpha value is 0.0300. The van der Waals surface area contributed by atoms with Gasteiger partial charge in [-0.15, -0.1) is 0 Å². The molecule has 7 heteroatoms. The summed E-state index contributed by atoms with van der Waals surface area (Å²) in [5.74, 6) is -0.643. The van der Waals surface area contributed by atoms with Crippen LogP contribution in [-0.4, -0.2) is 48.6 Å². The molecule has 0 amide bonds. The van der Waals surface area contributed by atoms with Crippen LogP contribution in [-0.2, 0) is 23.1 Å². The summed E-state index contributed by atoms with van der Waals surface area (Å²) in [6, 6.07) is 0. The molecule has 3 aliphatic rings. The lowest BCUT2D eigenvalue weighted by molar-refractivity contribution is -0.166. The molecule has 1 aliphatic heterocycles. The van der Waals surface area contributed by atoms with Crippen molar-refractivity contribution in [2.45, 2.75) is 58.2 Å². The monoisotopic (exact) mass is 320 g/mol. The highest BCUT2D eigenvalue weighted by Gasteiger charge is 2.76. The molecular weight excluding hydrogens is 295 g/mol. The van der Waals surface area contributed by atoms with Gasteiger partial charge in [-0.25, -0.2) is 0 Å². The van der Waals surface area contributed by atoms with E-state index >= 15 is 0 Å². The Balaban J connectivity index is 1.81. The summed E-state index contributed by atoms with van der Waals surface area (Å²) in [6.45, 7) is 7.98. The minimum atomic E-state index is -3.16. The minimum absolute atomic E-state index is 0.0674. The fourth-order valence-corrected chi connectivity index (χ4v) is 6.31. The van der Waals surface area contributed by atoms with Gasteiger partial charge >= 0.3 is 7.60 Å². The normalized spacial score (nSPS) is 43.7. The molecule has 3 rings (SSSR count). The average molecular weight is 320 g/mol. The van der Waals surface area contributed by atoms with Gasteiger partial charge in [0, 0.05) is 5.41 Å². The molecule has 3 fully saturated rings. The van der Waals surface area contributed by atoms with Gasteiger partial charge in [0.2, 0.25) is 0 Å². The highest BCUT2D eigenvalue weighted by atomic mass is 31.2. The van der Waals surface area contributed by atoms with Crippen LogP contribution in [0.2, 0.25) is 0 Å². The summed E-state index contributed by atoms with van der Waals surface area (Å²) in [6.07, 6.45) is -0.0474. The Labute approximate surface area is 125 Å². The van der Waals surface area contributed by atoms with Gasteiger partial charge in [0.25, 0.3) is 0 Å². The zero-order valence-electron chi connectivity index (χ0n) is 13.1. The van der Waals surface area contributed by atoms with Crippen molar-refractivity contribution in [3.05, 3.63) is 0 Å². The Morgan fingerprint density at radius 1 is 1.24 bits per heavy atom. The number of fused-ring (bicyclic) bond motifs is 3. The van der Waals surface area contributed by atoms with Gasteiger partial charge in [-0.1, -0.05) is 0 Å². The van der Waals surface area contributed by atoms with Crippen LogP contribution in [0.4, 0.5) is 0 Å². The lowest BCUT2D eigenvalue weighted by Crippen LogP contribution is -2.34. The highest BCUT2D eigenvalue weighted by Crippen LogP contribution is 2.72. The molecule has 2 aliphatic carbocycles. The van der Waals surface area contributed by atoms with Gasteiger partial charge in [0.1, 0.15) is 6.10 Å². The maximum atomic E-state index is 12.8. The second kappa shape index (κ2) is 5.02. The first-order valence-electron chi connectivity index (χ1n) is 7.69. The van der Waals surface area contributed by atoms with Crippen molar-refractivity contribution >= 4 is 7.60 Å². The molecular formula is C14H25O6P. The summed E-state index contributed by atoms with van der Waals surface area (Å²) in [5, 5.41) is 10.4. The van der Waals surface area contributed by atoms with Crippen LogP contribution in [0, 0.1) is 11.3 Å². The van der Waals surface area contributed by atoms with Crippen molar-refractivity contribution in [2.75, 3.05) is 19.4 Å². The van der Waals surface area contributed by atoms with Gasteiger partial charge in [-0.2, -0.15) is 0 Å². The van der Waals surface area contributed by atoms with Gasteiger partial charge in [-0.3, -0.25) is 4.57 Å². The summed E-state index contributed by atoms with van der Waals surface area (Å²) in [5.41, 5.74) is -0.336. The van der Waals surface area contributed by atoms with Crippen molar-refractivity contribution in [3.63, 3.8) is 0 Å². The van der Waals surface area contributed by atoms with Crippen LogP contribution in [0.3, 0.4) is 0 Å². The molecule has 6 nitrogen and oxygen atoms in total. The van der Waals surface area contributed by atoms with Crippen molar-refractivity contribution in [2.24, 2.45) is 11.3 Å². The Kier molecular flexibility index (Phi) is 3.80. The van der Waals surface area contributed by atoms with E-state index in [0.717, 1.165) is 6.42 Å². The summed E-state index contributed by atoms with van der Waals surface area (Å²) < 4.78 is 35.5. The van der Waals surface area contributed by atoms with Gasteiger partial charge in [-0.05, 0) is 40.0 Å². The van der Waals surface area contributed by atoms with Crippen LogP contribution < -0.4 is 0 Å². The first-order valence-corrected chi connectivity index (χ1v) is 9.41. The van der Waals surface area contributed by atoms with Gasteiger partial charge in [0.15, 0.2) is 5.79 Å². The van der Waals surface area contributed by atoms with Crippen molar-refractivity contribution in [1.82, 2.24) is 0 Å². The molecule has 122 valence electrons. The Morgan fingerprint density at radius 2 is 1.86 bits per heavy atom. The smallest absolute Gasteiger partial charge is 0.331 e. The Morgan fingerprint density at radius 3 is 2.43 bits per heavy atom. The van der Waals surface area contributed by atoms with E-state index in [4.69, 9.17) is 18.5 Å². The van der Waals surface area contributed by atoms with E-state index in [2.05, 4.69) is 0 Å². The zero-order valence-corrected chi connectivity index (χ0v) is 14.0. The van der Waals surface area contributed by atoms with E-state index in [-0.39, 0.29) is 23.5 Å². The molecule has 1 saturated heterocycles. The van der Waals surface area contributed by atoms with Gasteiger partial charge < -0.3 is 23.6 Å². The van der Waals surface area contributed by atoms with Crippen LogP contribution >= 0.6 is 7.60 Å². The molecule has 0 aromatic rings. The van der Waals surface area contributed by atoms with E-state index in [9.17, 15) is 9.67 Å². The minimum Gasteiger partial charge on any atom is -0.390 e. The number of rotatable bonds is 6. The number of hydrogen-bond donors (Lipinski definition) is 1. The predicted molar refractivity (Wildman–Crippen MR) is 76.1 cm³/mol. The second-order valence-corrected chi connectivity index (χ2v) is 8.71. The molecule has 0 radical (unpaired) electrons. The van der Waals surface area contributed by atoms with Crippen molar-refractivity contribution < 1.29 is 28.2 Å².